The molecule has 1 N–H and O–H groups in total. The number of nitrogens with one attached hydrogen (secondary N) is 1. The SMILES string of the molecule is C=C(NCc1ccc(OC(C)(C)C(=C)OCC)c(C)c1)/C(C)=C(\C)N=C(C)c1ccc(C(C)C)cc1. The lowest BCUT2D eigenvalue weighted by atomic mass is 10.0. The van der Waals surface area contributed by atoms with E-state index in [2.05, 4.69) is 82.6 Å². The fourth-order valence-electron chi connectivity index (χ4n) is 3.68. The van der Waals surface area contributed by atoms with Crippen LogP contribution in [0, 0.1) is 6.92 Å². The summed E-state index contributed by atoms with van der Waals surface area (Å²) >= 11 is 0. The first-order valence-electron chi connectivity index (χ1n) is 12.7. The van der Waals surface area contributed by atoms with Gasteiger partial charge in [0.1, 0.15) is 11.5 Å². The number of aliphatic imine (C=N–C) groups is 1. The van der Waals surface area contributed by atoms with Gasteiger partial charge in [0.25, 0.3) is 0 Å². The van der Waals surface area contributed by atoms with Gasteiger partial charge in [0.05, 0.1) is 6.61 Å². The molecule has 0 saturated carbocycles. The van der Waals surface area contributed by atoms with Crippen LogP contribution in [0.4, 0.5) is 0 Å². The number of aryl methyl sites for hydroxylation is 1. The molecular formula is C32H44N2O2. The highest BCUT2D eigenvalue weighted by atomic mass is 16.5. The molecule has 4 nitrogen and oxygen atoms in total. The maximum Gasteiger partial charge on any atom is 0.159 e. The summed E-state index contributed by atoms with van der Waals surface area (Å²) in [4.78, 5) is 4.85. The average Bonchev–Trinajstić information content (AvgIpc) is 2.83. The molecule has 0 atom stereocenters. The molecule has 0 saturated heterocycles. The summed E-state index contributed by atoms with van der Waals surface area (Å²) in [5.41, 5.74) is 7.93. The van der Waals surface area contributed by atoms with Crippen LogP contribution < -0.4 is 10.1 Å². The zero-order chi connectivity index (χ0) is 27.0. The van der Waals surface area contributed by atoms with Crippen LogP contribution in [0.2, 0.25) is 0 Å². The molecule has 0 radical (unpaired) electrons. The van der Waals surface area contributed by atoms with E-state index in [1.807, 2.05) is 40.7 Å². The average molecular weight is 489 g/mol. The lowest BCUT2D eigenvalue weighted by Crippen LogP contribution is -2.32. The van der Waals surface area contributed by atoms with Gasteiger partial charge in [0, 0.05) is 23.7 Å². The summed E-state index contributed by atoms with van der Waals surface area (Å²) in [6, 6.07) is 14.9. The number of rotatable bonds is 12. The van der Waals surface area contributed by atoms with Crippen molar-refractivity contribution in [3.63, 3.8) is 0 Å². The van der Waals surface area contributed by atoms with Crippen LogP contribution in [0.1, 0.15) is 83.6 Å². The Labute approximate surface area is 218 Å². The van der Waals surface area contributed by atoms with Gasteiger partial charge in [-0.15, -0.1) is 0 Å². The van der Waals surface area contributed by atoms with Crippen molar-refractivity contribution in [3.8, 4) is 5.75 Å². The summed E-state index contributed by atoms with van der Waals surface area (Å²) in [5.74, 6) is 1.96. The van der Waals surface area contributed by atoms with E-state index < -0.39 is 5.60 Å². The second-order valence-electron chi connectivity index (χ2n) is 10.1. The van der Waals surface area contributed by atoms with Gasteiger partial charge in [-0.1, -0.05) is 63.4 Å². The molecule has 0 heterocycles. The highest BCUT2D eigenvalue weighted by Crippen LogP contribution is 2.28. The van der Waals surface area contributed by atoms with Crippen molar-refractivity contribution in [2.45, 2.75) is 80.4 Å². The standard InChI is InChI=1S/C32H44N2O2/c1-12-35-27(9)32(10,11)36-31-18-13-28(19-22(31)4)20-33-24(6)23(5)25(7)34-26(8)30-16-14-29(15-17-30)21(2)3/h13-19,21,33H,6,9,12,20H2,1-5,7-8,10-11H3/b25-23+,34-26?. The minimum atomic E-state index is -0.608. The maximum absolute atomic E-state index is 6.20. The van der Waals surface area contributed by atoms with Crippen molar-refractivity contribution in [3.05, 3.63) is 101 Å². The van der Waals surface area contributed by atoms with Crippen molar-refractivity contribution in [2.75, 3.05) is 6.61 Å². The van der Waals surface area contributed by atoms with E-state index in [9.17, 15) is 0 Å². The summed E-state index contributed by atoms with van der Waals surface area (Å²) in [5, 5.41) is 3.45. The molecule has 0 bridgehead atoms. The van der Waals surface area contributed by atoms with Gasteiger partial charge in [-0.3, -0.25) is 4.99 Å². The predicted molar refractivity (Wildman–Crippen MR) is 154 cm³/mol. The van der Waals surface area contributed by atoms with Gasteiger partial charge < -0.3 is 14.8 Å². The number of ether oxygens (including phenoxy) is 2. The second kappa shape index (κ2) is 12.6. The lowest BCUT2D eigenvalue weighted by Gasteiger charge is -2.29. The number of hydrogen-bond donors (Lipinski definition) is 1. The van der Waals surface area contributed by atoms with Gasteiger partial charge in [-0.25, -0.2) is 0 Å². The summed E-state index contributed by atoms with van der Waals surface area (Å²) in [7, 11) is 0. The third-order valence-electron chi connectivity index (χ3n) is 6.43. The Kier molecular flexibility index (Phi) is 10.2. The van der Waals surface area contributed by atoms with E-state index in [0.717, 1.165) is 45.1 Å². The van der Waals surface area contributed by atoms with Crippen LogP contribution in [0.3, 0.4) is 0 Å². The molecule has 0 aliphatic rings. The van der Waals surface area contributed by atoms with E-state index in [1.165, 1.54) is 5.56 Å². The molecule has 194 valence electrons. The smallest absolute Gasteiger partial charge is 0.159 e. The molecule has 0 aliphatic carbocycles. The number of benzene rings is 2. The van der Waals surface area contributed by atoms with Crippen LogP contribution in [0.25, 0.3) is 0 Å². The first kappa shape index (κ1) is 29.0. The van der Waals surface area contributed by atoms with Crippen LogP contribution in [0.15, 0.2) is 83.3 Å². The van der Waals surface area contributed by atoms with E-state index in [4.69, 9.17) is 14.5 Å². The zero-order valence-electron chi connectivity index (χ0n) is 23.7. The molecule has 0 amide bonds. The third kappa shape index (κ3) is 7.87. The van der Waals surface area contributed by atoms with Crippen molar-refractivity contribution in [1.82, 2.24) is 5.32 Å². The zero-order valence-corrected chi connectivity index (χ0v) is 23.7. The molecule has 36 heavy (non-hydrogen) atoms. The molecule has 4 heteroatoms. The fourth-order valence-corrected chi connectivity index (χ4v) is 3.68. The Morgan fingerprint density at radius 3 is 2.22 bits per heavy atom. The van der Waals surface area contributed by atoms with Crippen LogP contribution in [0.5, 0.6) is 5.75 Å². The Balaban J connectivity index is 2.05. The predicted octanol–water partition coefficient (Wildman–Crippen LogP) is 8.23. The maximum atomic E-state index is 6.20. The van der Waals surface area contributed by atoms with Crippen LogP contribution in [-0.2, 0) is 11.3 Å². The third-order valence-corrected chi connectivity index (χ3v) is 6.43. The van der Waals surface area contributed by atoms with Gasteiger partial charge in [0.2, 0.25) is 0 Å². The topological polar surface area (TPSA) is 42.8 Å². The molecule has 2 aromatic rings. The fraction of sp³-hybridized carbons (Fsp3) is 0.406. The summed E-state index contributed by atoms with van der Waals surface area (Å²) in [6.45, 7) is 27.9. The highest BCUT2D eigenvalue weighted by Gasteiger charge is 2.26. The molecular weight excluding hydrogens is 444 g/mol. The Morgan fingerprint density at radius 2 is 1.67 bits per heavy atom. The molecule has 0 unspecified atom stereocenters. The van der Waals surface area contributed by atoms with Gasteiger partial charge in [-0.05, 0) is 88.3 Å². The Bertz CT molecular complexity index is 1140. The number of hydrogen-bond acceptors (Lipinski definition) is 4. The molecule has 2 aromatic carbocycles. The molecule has 2 rings (SSSR count). The lowest BCUT2D eigenvalue weighted by molar-refractivity contribution is 0.0637. The number of allylic oxidation sites excluding steroid dienone is 2. The highest BCUT2D eigenvalue weighted by molar-refractivity contribution is 5.99. The number of nitrogens with zero attached hydrogens (tertiary/aromatic N) is 1. The molecule has 0 aliphatic heterocycles. The minimum absolute atomic E-state index is 0.523. The Hall–Kier alpha value is -3.27. The van der Waals surface area contributed by atoms with Gasteiger partial charge in [0.15, 0.2) is 5.60 Å². The quantitative estimate of drug-likeness (QED) is 0.186. The van der Waals surface area contributed by atoms with Crippen LogP contribution in [-0.4, -0.2) is 17.9 Å². The van der Waals surface area contributed by atoms with Crippen LogP contribution >= 0.6 is 0 Å². The van der Waals surface area contributed by atoms with Gasteiger partial charge in [-0.2, -0.15) is 0 Å². The monoisotopic (exact) mass is 488 g/mol. The van der Waals surface area contributed by atoms with Gasteiger partial charge >= 0.3 is 0 Å². The molecule has 0 aromatic heterocycles. The summed E-state index contributed by atoms with van der Waals surface area (Å²) in [6.07, 6.45) is 0. The first-order chi connectivity index (χ1) is 16.9. The Morgan fingerprint density at radius 1 is 1.03 bits per heavy atom. The summed E-state index contributed by atoms with van der Waals surface area (Å²) < 4.78 is 11.8. The van der Waals surface area contributed by atoms with E-state index in [0.29, 0.717) is 24.8 Å². The largest absolute Gasteiger partial charge is 0.495 e. The molecule has 0 fully saturated rings. The molecule has 0 spiro atoms. The van der Waals surface area contributed by atoms with E-state index >= 15 is 0 Å². The van der Waals surface area contributed by atoms with Crippen molar-refractivity contribution >= 4 is 5.71 Å². The normalized spacial score (nSPS) is 12.8. The minimum Gasteiger partial charge on any atom is -0.495 e. The van der Waals surface area contributed by atoms with E-state index in [-0.39, 0.29) is 0 Å². The van der Waals surface area contributed by atoms with Crippen molar-refractivity contribution in [2.24, 2.45) is 4.99 Å². The van der Waals surface area contributed by atoms with Crippen molar-refractivity contribution in [1.29, 1.82) is 0 Å². The first-order valence-corrected chi connectivity index (χ1v) is 12.7. The van der Waals surface area contributed by atoms with E-state index in [1.54, 1.807) is 0 Å². The van der Waals surface area contributed by atoms with Crippen molar-refractivity contribution < 1.29 is 9.47 Å². The second-order valence-corrected chi connectivity index (χ2v) is 10.1.